The summed E-state index contributed by atoms with van der Waals surface area (Å²) in [5.41, 5.74) is 0.496. The van der Waals surface area contributed by atoms with Crippen molar-refractivity contribution < 1.29 is 13.9 Å². The Morgan fingerprint density at radius 1 is 1.25 bits per heavy atom. The summed E-state index contributed by atoms with van der Waals surface area (Å²) in [4.78, 5) is 4.47. The molecule has 1 aromatic rings. The van der Waals surface area contributed by atoms with Crippen LogP contribution in [0.25, 0.3) is 0 Å². The fourth-order valence-corrected chi connectivity index (χ4v) is 1.80. The Kier molecular flexibility index (Phi) is 10.9. The molecule has 0 saturated heterocycles. The lowest BCUT2D eigenvalue weighted by Crippen LogP contribution is -2.45. The molecule has 0 aliphatic carbocycles. The Morgan fingerprint density at radius 3 is 2.50 bits per heavy atom. The average Bonchev–Trinajstić information content (AvgIpc) is 2.52. The van der Waals surface area contributed by atoms with Crippen molar-refractivity contribution in [3.63, 3.8) is 0 Å². The van der Waals surface area contributed by atoms with Crippen molar-refractivity contribution in [3.8, 4) is 5.75 Å². The lowest BCUT2D eigenvalue weighted by Gasteiger charge is -2.24. The van der Waals surface area contributed by atoms with Gasteiger partial charge in [0.25, 0.3) is 0 Å². The van der Waals surface area contributed by atoms with Gasteiger partial charge in [-0.1, -0.05) is 6.07 Å². The fourth-order valence-electron chi connectivity index (χ4n) is 1.80. The van der Waals surface area contributed by atoms with Gasteiger partial charge < -0.3 is 20.1 Å². The van der Waals surface area contributed by atoms with E-state index in [9.17, 15) is 4.39 Å². The van der Waals surface area contributed by atoms with Crippen LogP contribution in [0.1, 0.15) is 33.3 Å². The lowest BCUT2D eigenvalue weighted by atomic mass is 10.1. The number of hydrogen-bond donors (Lipinski definition) is 2. The molecule has 0 radical (unpaired) electrons. The molecule has 0 fully saturated rings. The number of hydrogen-bond acceptors (Lipinski definition) is 3. The molecule has 0 spiro atoms. The van der Waals surface area contributed by atoms with E-state index in [1.165, 1.54) is 6.07 Å². The summed E-state index contributed by atoms with van der Waals surface area (Å²) in [6, 6.07) is 4.91. The third-order valence-corrected chi connectivity index (χ3v) is 3.29. The van der Waals surface area contributed by atoms with E-state index < -0.39 is 0 Å². The fraction of sp³-hybridized carbons (Fsp3) is 0.588. The molecule has 0 heterocycles. The average molecular weight is 453 g/mol. The van der Waals surface area contributed by atoms with Gasteiger partial charge in [0.05, 0.1) is 18.8 Å². The van der Waals surface area contributed by atoms with E-state index in [1.807, 2.05) is 33.8 Å². The molecule has 0 bridgehead atoms. The number of ether oxygens (including phenoxy) is 2. The number of nitrogens with one attached hydrogen (secondary N) is 2. The first-order chi connectivity index (χ1) is 10.9. The molecule has 0 atom stereocenters. The van der Waals surface area contributed by atoms with Gasteiger partial charge in [-0.15, -0.1) is 24.0 Å². The number of halogens is 2. The second kappa shape index (κ2) is 11.5. The first kappa shape index (κ1) is 22.9. The molecule has 5 nitrogen and oxygen atoms in total. The van der Waals surface area contributed by atoms with E-state index in [1.54, 1.807) is 13.2 Å². The number of benzene rings is 1. The summed E-state index contributed by atoms with van der Waals surface area (Å²) >= 11 is 0. The van der Waals surface area contributed by atoms with Crippen molar-refractivity contribution >= 4 is 29.9 Å². The minimum atomic E-state index is -0.363. The van der Waals surface area contributed by atoms with Gasteiger partial charge in [-0.05, 0) is 45.4 Å². The van der Waals surface area contributed by atoms with Crippen LogP contribution < -0.4 is 15.4 Å². The van der Waals surface area contributed by atoms with Crippen LogP contribution in [0.5, 0.6) is 5.75 Å². The Labute approximate surface area is 161 Å². The quantitative estimate of drug-likeness (QED) is 0.360. The zero-order valence-corrected chi connectivity index (χ0v) is 17.4. The molecule has 0 aliphatic rings. The van der Waals surface area contributed by atoms with E-state index in [-0.39, 0.29) is 41.1 Å². The maximum Gasteiger partial charge on any atom is 0.191 e. The van der Waals surface area contributed by atoms with Crippen molar-refractivity contribution in [2.24, 2.45) is 4.99 Å². The molecule has 2 N–H and O–H groups in total. The van der Waals surface area contributed by atoms with Crippen molar-refractivity contribution in [1.29, 1.82) is 0 Å². The lowest BCUT2D eigenvalue weighted by molar-refractivity contribution is 0.0268. The first-order valence-electron chi connectivity index (χ1n) is 7.90. The number of methoxy groups -OCH3 is 1. The standard InChI is InChI=1S/C17H28FN3O2.HI/c1-6-19-16(21-12-17(3,4)22-5)20-11-13-8-9-15(23-7-2)14(18)10-13;/h8-10H,6-7,11-12H2,1-5H3,(H2,19,20,21);1H. The van der Waals surface area contributed by atoms with Crippen molar-refractivity contribution in [3.05, 3.63) is 29.6 Å². The van der Waals surface area contributed by atoms with Crippen molar-refractivity contribution in [2.45, 2.75) is 39.8 Å². The number of guanidine groups is 1. The van der Waals surface area contributed by atoms with Crippen LogP contribution in [0, 0.1) is 5.82 Å². The maximum atomic E-state index is 13.8. The van der Waals surface area contributed by atoms with Crippen LogP contribution in [0.4, 0.5) is 4.39 Å². The maximum absolute atomic E-state index is 13.8. The highest BCUT2D eigenvalue weighted by Crippen LogP contribution is 2.18. The number of rotatable bonds is 8. The molecule has 0 unspecified atom stereocenters. The Morgan fingerprint density at radius 2 is 1.96 bits per heavy atom. The van der Waals surface area contributed by atoms with E-state index in [0.29, 0.717) is 25.7 Å². The molecular formula is C17H29FIN3O2. The molecule has 24 heavy (non-hydrogen) atoms. The third kappa shape index (κ3) is 8.14. The zero-order chi connectivity index (χ0) is 17.3. The van der Waals surface area contributed by atoms with Gasteiger partial charge in [0.15, 0.2) is 17.5 Å². The third-order valence-electron chi connectivity index (χ3n) is 3.29. The molecule has 1 rings (SSSR count). The van der Waals surface area contributed by atoms with Gasteiger partial charge in [-0.3, -0.25) is 0 Å². The summed E-state index contributed by atoms with van der Waals surface area (Å²) in [5.74, 6) is 0.581. The molecular weight excluding hydrogens is 424 g/mol. The Hall–Kier alpha value is -1.09. The van der Waals surface area contributed by atoms with Crippen LogP contribution >= 0.6 is 24.0 Å². The van der Waals surface area contributed by atoms with Gasteiger partial charge in [-0.25, -0.2) is 9.38 Å². The second-order valence-electron chi connectivity index (χ2n) is 5.71. The highest BCUT2D eigenvalue weighted by Gasteiger charge is 2.16. The van der Waals surface area contributed by atoms with Gasteiger partial charge in [0, 0.05) is 20.2 Å². The topological polar surface area (TPSA) is 54.9 Å². The summed E-state index contributed by atoms with van der Waals surface area (Å²) in [5, 5.41) is 6.38. The summed E-state index contributed by atoms with van der Waals surface area (Å²) < 4.78 is 24.4. The second-order valence-corrected chi connectivity index (χ2v) is 5.71. The van der Waals surface area contributed by atoms with Crippen molar-refractivity contribution in [2.75, 3.05) is 26.8 Å². The largest absolute Gasteiger partial charge is 0.491 e. The summed E-state index contributed by atoms with van der Waals surface area (Å²) in [7, 11) is 1.68. The smallest absolute Gasteiger partial charge is 0.191 e. The van der Waals surface area contributed by atoms with Gasteiger partial charge in [0.2, 0.25) is 0 Å². The number of aliphatic imine (C=N–C) groups is 1. The molecule has 0 aliphatic heterocycles. The molecule has 1 aromatic carbocycles. The first-order valence-corrected chi connectivity index (χ1v) is 7.90. The SMILES string of the molecule is CCNC(=NCc1ccc(OCC)c(F)c1)NCC(C)(C)OC.I. The van der Waals surface area contributed by atoms with Gasteiger partial charge in [-0.2, -0.15) is 0 Å². The van der Waals surface area contributed by atoms with Crippen LogP contribution in [0.2, 0.25) is 0 Å². The number of nitrogens with zero attached hydrogens (tertiary/aromatic N) is 1. The van der Waals surface area contributed by atoms with E-state index in [4.69, 9.17) is 9.47 Å². The predicted octanol–water partition coefficient (Wildman–Crippen LogP) is 3.32. The van der Waals surface area contributed by atoms with E-state index >= 15 is 0 Å². The molecule has 138 valence electrons. The highest BCUT2D eigenvalue weighted by molar-refractivity contribution is 14.0. The zero-order valence-electron chi connectivity index (χ0n) is 15.1. The predicted molar refractivity (Wildman–Crippen MR) is 107 cm³/mol. The molecule has 0 amide bonds. The minimum Gasteiger partial charge on any atom is -0.491 e. The van der Waals surface area contributed by atoms with Crippen LogP contribution in [-0.2, 0) is 11.3 Å². The molecule has 0 aromatic heterocycles. The Bertz CT molecular complexity index is 525. The van der Waals surface area contributed by atoms with Gasteiger partial charge >= 0.3 is 0 Å². The van der Waals surface area contributed by atoms with E-state index in [0.717, 1.165) is 12.1 Å². The monoisotopic (exact) mass is 453 g/mol. The normalized spacial score (nSPS) is 11.7. The summed E-state index contributed by atoms with van der Waals surface area (Å²) in [6.45, 7) is 9.99. The van der Waals surface area contributed by atoms with Gasteiger partial charge in [0.1, 0.15) is 0 Å². The minimum absolute atomic E-state index is 0. The van der Waals surface area contributed by atoms with Crippen molar-refractivity contribution in [1.82, 2.24) is 10.6 Å². The molecule has 7 heteroatoms. The van der Waals surface area contributed by atoms with Crippen LogP contribution in [-0.4, -0.2) is 38.4 Å². The van der Waals surface area contributed by atoms with Crippen LogP contribution in [0.3, 0.4) is 0 Å². The molecule has 0 saturated carbocycles. The Balaban J connectivity index is 0.00000529. The van der Waals surface area contributed by atoms with Crippen LogP contribution in [0.15, 0.2) is 23.2 Å². The summed E-state index contributed by atoms with van der Waals surface area (Å²) in [6.07, 6.45) is 0. The van der Waals surface area contributed by atoms with E-state index in [2.05, 4.69) is 15.6 Å². The highest BCUT2D eigenvalue weighted by atomic mass is 127.